The van der Waals surface area contributed by atoms with Crippen LogP contribution >= 0.6 is 0 Å². The highest BCUT2D eigenvalue weighted by Gasteiger charge is 2.55. The van der Waals surface area contributed by atoms with Crippen LogP contribution in [-0.2, 0) is 35.1 Å². The van der Waals surface area contributed by atoms with Gasteiger partial charge in [0.25, 0.3) is 11.7 Å². The number of ether oxygens (including phenoxy) is 2. The molecule has 0 aromatic heterocycles. The van der Waals surface area contributed by atoms with Gasteiger partial charge >= 0.3 is 0 Å². The first kappa shape index (κ1) is 24.7. The van der Waals surface area contributed by atoms with E-state index in [4.69, 9.17) is 15.2 Å². The molecule has 1 aromatic rings. The van der Waals surface area contributed by atoms with Gasteiger partial charge in [0, 0.05) is 19.9 Å². The molecule has 33 heavy (non-hydrogen) atoms. The van der Waals surface area contributed by atoms with Crippen LogP contribution < -0.4 is 16.4 Å². The summed E-state index contributed by atoms with van der Waals surface area (Å²) in [5.74, 6) is -3.57. The van der Waals surface area contributed by atoms with Crippen LogP contribution in [0.1, 0.15) is 32.8 Å². The van der Waals surface area contributed by atoms with Crippen molar-refractivity contribution in [2.24, 2.45) is 11.7 Å². The number of morpholine rings is 1. The number of carbonyl (C=O) groups is 4. The third kappa shape index (κ3) is 6.08. The van der Waals surface area contributed by atoms with Crippen molar-refractivity contribution < 1.29 is 28.7 Å². The van der Waals surface area contributed by atoms with Crippen molar-refractivity contribution in [1.29, 1.82) is 0 Å². The molecule has 0 aliphatic carbocycles. The largest absolute Gasteiger partial charge is 0.368 e. The average molecular weight is 461 g/mol. The summed E-state index contributed by atoms with van der Waals surface area (Å²) in [6.45, 7) is 5.37. The topological polar surface area (TPSA) is 140 Å². The van der Waals surface area contributed by atoms with Crippen LogP contribution in [0.5, 0.6) is 0 Å². The Morgan fingerprint density at radius 2 is 1.85 bits per heavy atom. The molecule has 2 aliphatic heterocycles. The summed E-state index contributed by atoms with van der Waals surface area (Å²) in [5, 5.41) is 5.34. The summed E-state index contributed by atoms with van der Waals surface area (Å²) >= 11 is 0. The Labute approximate surface area is 193 Å². The number of rotatable bonds is 9. The lowest BCUT2D eigenvalue weighted by Gasteiger charge is -2.39. The lowest BCUT2D eigenvalue weighted by atomic mass is 10.0. The molecule has 180 valence electrons. The van der Waals surface area contributed by atoms with Crippen LogP contribution in [0, 0.1) is 5.92 Å². The third-order valence-corrected chi connectivity index (χ3v) is 5.65. The fourth-order valence-electron chi connectivity index (χ4n) is 4.16. The zero-order valence-electron chi connectivity index (χ0n) is 19.2. The number of hydrogen-bond donors (Lipinski definition) is 3. The maximum Gasteiger partial charge on any atom is 0.282 e. The number of hydrogen-bond acceptors (Lipinski definition) is 6. The molecule has 4 amide bonds. The first-order valence-corrected chi connectivity index (χ1v) is 11.1. The van der Waals surface area contributed by atoms with Crippen LogP contribution in [-0.4, -0.2) is 72.2 Å². The van der Waals surface area contributed by atoms with Gasteiger partial charge in [-0.25, -0.2) is 0 Å². The zero-order chi connectivity index (χ0) is 24.2. The molecule has 4 atom stereocenters. The first-order chi connectivity index (χ1) is 15.6. The molecule has 0 spiro atoms. The first-order valence-electron chi connectivity index (χ1n) is 11.1. The maximum atomic E-state index is 13.4. The summed E-state index contributed by atoms with van der Waals surface area (Å²) in [6.07, 6.45) is 0.171. The molecule has 0 unspecified atom stereocenters. The second-order valence-corrected chi connectivity index (χ2v) is 9.02. The molecule has 1 aromatic carbocycles. The predicted molar refractivity (Wildman–Crippen MR) is 118 cm³/mol. The summed E-state index contributed by atoms with van der Waals surface area (Å²) in [4.78, 5) is 51.6. The van der Waals surface area contributed by atoms with Crippen LogP contribution in [0.15, 0.2) is 30.3 Å². The van der Waals surface area contributed by atoms with Crippen molar-refractivity contribution in [1.82, 2.24) is 15.5 Å². The minimum atomic E-state index is -1.73. The number of nitrogens with one attached hydrogen (secondary N) is 2. The van der Waals surface area contributed by atoms with Crippen molar-refractivity contribution >= 4 is 23.6 Å². The van der Waals surface area contributed by atoms with E-state index in [2.05, 4.69) is 10.6 Å². The number of benzene rings is 1. The molecule has 3 rings (SSSR count). The Morgan fingerprint density at radius 3 is 2.45 bits per heavy atom. The van der Waals surface area contributed by atoms with Crippen molar-refractivity contribution in [3.8, 4) is 0 Å². The standard InChI is InChI=1S/C23H32N4O6/c1-14(2)9-18(20(24)29)26-22(31)23-13-27(11-17(33-23)12-32-23)21(30)19(25-15(3)28)10-16-7-5-4-6-8-16/h4-8,14,17-19H,9-13H2,1-3H3,(H2,24,29)(H,25,28)(H,26,31)/t17-,18-,19-,23+/m0/s1. The SMILES string of the molecule is CC(=O)N[C@@H](Cc1ccccc1)C(=O)N1C[C@H]2CO[C@](C(=O)N[C@@H](CC(C)C)C(N)=O)(C1)O2. The molecule has 2 aliphatic rings. The monoisotopic (exact) mass is 460 g/mol. The molecule has 10 nitrogen and oxygen atoms in total. The molecule has 2 fully saturated rings. The number of nitrogens with two attached hydrogens (primary N) is 1. The van der Waals surface area contributed by atoms with Gasteiger partial charge in [-0.1, -0.05) is 44.2 Å². The van der Waals surface area contributed by atoms with Gasteiger partial charge in [0.2, 0.25) is 17.7 Å². The second kappa shape index (κ2) is 10.3. The van der Waals surface area contributed by atoms with Gasteiger partial charge in [0.15, 0.2) is 0 Å². The molecule has 2 bridgehead atoms. The Hall–Kier alpha value is -2.98. The summed E-state index contributed by atoms with van der Waals surface area (Å²) in [7, 11) is 0. The van der Waals surface area contributed by atoms with E-state index in [9.17, 15) is 19.2 Å². The maximum absolute atomic E-state index is 13.4. The summed E-state index contributed by atoms with van der Waals surface area (Å²) in [5.41, 5.74) is 6.34. The number of nitrogens with zero attached hydrogens (tertiary/aromatic N) is 1. The number of amides is 4. The van der Waals surface area contributed by atoms with Crippen molar-refractivity contribution in [2.45, 2.75) is 57.6 Å². The highest BCUT2D eigenvalue weighted by molar-refractivity contribution is 5.92. The lowest BCUT2D eigenvalue weighted by molar-refractivity contribution is -0.209. The van der Waals surface area contributed by atoms with Gasteiger partial charge < -0.3 is 30.7 Å². The average Bonchev–Trinajstić information content (AvgIpc) is 3.07. The van der Waals surface area contributed by atoms with E-state index in [0.717, 1.165) is 5.56 Å². The van der Waals surface area contributed by atoms with Crippen molar-refractivity contribution in [3.05, 3.63) is 35.9 Å². The predicted octanol–water partition coefficient (Wildman–Crippen LogP) is -0.296. The van der Waals surface area contributed by atoms with Gasteiger partial charge in [0.1, 0.15) is 18.2 Å². The number of carbonyl (C=O) groups excluding carboxylic acids is 4. The van der Waals surface area contributed by atoms with Crippen molar-refractivity contribution in [3.63, 3.8) is 0 Å². The fraction of sp³-hybridized carbons (Fsp3) is 0.565. The van der Waals surface area contributed by atoms with Gasteiger partial charge in [-0.2, -0.15) is 0 Å². The third-order valence-electron chi connectivity index (χ3n) is 5.65. The Morgan fingerprint density at radius 1 is 1.15 bits per heavy atom. The van der Waals surface area contributed by atoms with E-state index in [-0.39, 0.29) is 37.4 Å². The molecule has 0 radical (unpaired) electrons. The molecule has 10 heteroatoms. The molecular formula is C23H32N4O6. The Kier molecular flexibility index (Phi) is 7.70. The molecular weight excluding hydrogens is 428 g/mol. The number of fused-ring (bicyclic) bond motifs is 2. The van der Waals surface area contributed by atoms with Crippen LogP contribution in [0.25, 0.3) is 0 Å². The lowest BCUT2D eigenvalue weighted by Crippen LogP contribution is -2.64. The quantitative estimate of drug-likeness (QED) is 0.462. The van der Waals surface area contributed by atoms with Gasteiger partial charge in [-0.05, 0) is 17.9 Å². The van der Waals surface area contributed by atoms with E-state index in [1.807, 2.05) is 44.2 Å². The van der Waals surface area contributed by atoms with E-state index in [0.29, 0.717) is 12.8 Å². The summed E-state index contributed by atoms with van der Waals surface area (Å²) in [6, 6.07) is 7.66. The second-order valence-electron chi connectivity index (χ2n) is 9.02. The van der Waals surface area contributed by atoms with Crippen molar-refractivity contribution in [2.75, 3.05) is 19.7 Å². The smallest absolute Gasteiger partial charge is 0.282 e. The molecule has 2 saturated heterocycles. The van der Waals surface area contributed by atoms with E-state index in [1.165, 1.54) is 11.8 Å². The highest BCUT2D eigenvalue weighted by atomic mass is 16.8. The van der Waals surface area contributed by atoms with Crippen LogP contribution in [0.3, 0.4) is 0 Å². The molecule has 4 N–H and O–H groups in total. The van der Waals surface area contributed by atoms with Crippen LogP contribution in [0.2, 0.25) is 0 Å². The minimum Gasteiger partial charge on any atom is -0.368 e. The van der Waals surface area contributed by atoms with E-state index < -0.39 is 35.8 Å². The highest BCUT2D eigenvalue weighted by Crippen LogP contribution is 2.31. The van der Waals surface area contributed by atoms with Gasteiger partial charge in [-0.3, -0.25) is 19.2 Å². The van der Waals surface area contributed by atoms with Gasteiger partial charge in [0.05, 0.1) is 13.2 Å². The molecule has 0 saturated carbocycles. The minimum absolute atomic E-state index is 0.124. The Balaban J connectivity index is 1.76. The van der Waals surface area contributed by atoms with E-state index in [1.54, 1.807) is 0 Å². The fourth-order valence-corrected chi connectivity index (χ4v) is 4.16. The van der Waals surface area contributed by atoms with E-state index >= 15 is 0 Å². The number of primary amides is 1. The van der Waals surface area contributed by atoms with Crippen LogP contribution in [0.4, 0.5) is 0 Å². The van der Waals surface area contributed by atoms with Gasteiger partial charge in [-0.15, -0.1) is 0 Å². The normalized spacial score (nSPS) is 23.6. The molecule has 2 heterocycles. The Bertz CT molecular complexity index is 892. The zero-order valence-corrected chi connectivity index (χ0v) is 19.2. The summed E-state index contributed by atoms with van der Waals surface area (Å²) < 4.78 is 11.5.